The molecule has 1 aromatic heterocycles. The molecule has 106 valence electrons. The summed E-state index contributed by atoms with van der Waals surface area (Å²) in [7, 11) is 0. The smallest absolute Gasteiger partial charge is 0.127 e. The highest BCUT2D eigenvalue weighted by Gasteiger charge is 2.06. The summed E-state index contributed by atoms with van der Waals surface area (Å²) in [6.07, 6.45) is 1.89. The predicted molar refractivity (Wildman–Crippen MR) is 81.7 cm³/mol. The van der Waals surface area contributed by atoms with Crippen LogP contribution in [0.1, 0.15) is 30.7 Å². The van der Waals surface area contributed by atoms with E-state index < -0.39 is 0 Å². The third-order valence-corrected chi connectivity index (χ3v) is 3.02. The molecule has 1 heterocycles. The minimum atomic E-state index is 0.443. The first-order chi connectivity index (χ1) is 9.65. The van der Waals surface area contributed by atoms with Gasteiger partial charge in [-0.05, 0) is 12.5 Å². The van der Waals surface area contributed by atoms with Gasteiger partial charge in [0, 0.05) is 36.1 Å². The fourth-order valence-corrected chi connectivity index (χ4v) is 1.88. The molecule has 3 heteroatoms. The summed E-state index contributed by atoms with van der Waals surface area (Å²) in [5, 5.41) is 3.40. The maximum absolute atomic E-state index is 5.96. The number of aromatic nitrogens is 1. The number of benzene rings is 1. The average molecular weight is 270 g/mol. The van der Waals surface area contributed by atoms with E-state index in [4.69, 9.17) is 4.74 Å². The maximum atomic E-state index is 5.96. The summed E-state index contributed by atoms with van der Waals surface area (Å²) < 4.78 is 5.96. The van der Waals surface area contributed by atoms with Gasteiger partial charge in [-0.25, -0.2) is 0 Å². The van der Waals surface area contributed by atoms with Gasteiger partial charge in [0.15, 0.2) is 0 Å². The van der Waals surface area contributed by atoms with Crippen LogP contribution in [0.15, 0.2) is 42.6 Å². The first-order valence-electron chi connectivity index (χ1n) is 7.01. The van der Waals surface area contributed by atoms with Crippen molar-refractivity contribution in [1.82, 2.24) is 10.3 Å². The van der Waals surface area contributed by atoms with Crippen molar-refractivity contribution in [1.29, 1.82) is 0 Å². The lowest BCUT2D eigenvalue weighted by atomic mass is 10.2. The van der Waals surface area contributed by atoms with Crippen LogP contribution in [0, 0.1) is 6.92 Å². The van der Waals surface area contributed by atoms with Crippen molar-refractivity contribution < 1.29 is 4.74 Å². The molecule has 2 aromatic rings. The van der Waals surface area contributed by atoms with Crippen LogP contribution in [-0.2, 0) is 13.2 Å². The van der Waals surface area contributed by atoms with E-state index in [2.05, 4.69) is 36.3 Å². The Labute approximate surface area is 121 Å². The first-order valence-corrected chi connectivity index (χ1v) is 7.01. The Hall–Kier alpha value is -1.87. The molecule has 0 aliphatic rings. The topological polar surface area (TPSA) is 34.1 Å². The molecule has 1 aromatic carbocycles. The lowest BCUT2D eigenvalue weighted by molar-refractivity contribution is 0.301. The van der Waals surface area contributed by atoms with E-state index in [1.807, 2.05) is 37.4 Å². The van der Waals surface area contributed by atoms with E-state index in [0.717, 1.165) is 23.6 Å². The second-order valence-electron chi connectivity index (χ2n) is 5.24. The summed E-state index contributed by atoms with van der Waals surface area (Å²) in [4.78, 5) is 4.35. The van der Waals surface area contributed by atoms with Gasteiger partial charge in [-0.3, -0.25) is 4.98 Å². The number of ether oxygens (including phenoxy) is 1. The van der Waals surface area contributed by atoms with Crippen LogP contribution in [0.2, 0.25) is 0 Å². The molecule has 0 spiro atoms. The van der Waals surface area contributed by atoms with Crippen LogP contribution in [0.3, 0.4) is 0 Å². The molecular formula is C17H22N2O. The number of nitrogens with zero attached hydrogens (tertiary/aromatic N) is 1. The zero-order valence-electron chi connectivity index (χ0n) is 12.4. The van der Waals surface area contributed by atoms with E-state index in [1.165, 1.54) is 5.56 Å². The summed E-state index contributed by atoms with van der Waals surface area (Å²) in [6, 6.07) is 12.6. The minimum Gasteiger partial charge on any atom is -0.488 e. The SMILES string of the molecule is Cc1cc(OCc2ccccc2)c(CNC(C)C)cn1. The van der Waals surface area contributed by atoms with Crippen molar-refractivity contribution in [3.63, 3.8) is 0 Å². The Balaban J connectivity index is 2.07. The molecular weight excluding hydrogens is 248 g/mol. The van der Waals surface area contributed by atoms with Crippen molar-refractivity contribution in [2.45, 2.75) is 40.0 Å². The van der Waals surface area contributed by atoms with Crippen LogP contribution < -0.4 is 10.1 Å². The van der Waals surface area contributed by atoms with Gasteiger partial charge in [0.05, 0.1) is 0 Å². The highest BCUT2D eigenvalue weighted by Crippen LogP contribution is 2.20. The largest absolute Gasteiger partial charge is 0.488 e. The van der Waals surface area contributed by atoms with Crippen molar-refractivity contribution in [2.75, 3.05) is 0 Å². The van der Waals surface area contributed by atoms with Gasteiger partial charge < -0.3 is 10.1 Å². The van der Waals surface area contributed by atoms with Gasteiger partial charge in [-0.1, -0.05) is 44.2 Å². The lowest BCUT2D eigenvalue weighted by Crippen LogP contribution is -2.22. The highest BCUT2D eigenvalue weighted by atomic mass is 16.5. The fourth-order valence-electron chi connectivity index (χ4n) is 1.88. The quantitative estimate of drug-likeness (QED) is 0.872. The molecule has 0 atom stereocenters. The minimum absolute atomic E-state index is 0.443. The molecule has 0 aliphatic carbocycles. The van der Waals surface area contributed by atoms with Gasteiger partial charge in [0.2, 0.25) is 0 Å². The van der Waals surface area contributed by atoms with Crippen LogP contribution in [0.4, 0.5) is 0 Å². The van der Waals surface area contributed by atoms with Crippen LogP contribution in [0.5, 0.6) is 5.75 Å². The maximum Gasteiger partial charge on any atom is 0.127 e. The molecule has 0 aliphatic heterocycles. The Morgan fingerprint density at radius 3 is 2.65 bits per heavy atom. The lowest BCUT2D eigenvalue weighted by Gasteiger charge is -2.14. The average Bonchev–Trinajstić information content (AvgIpc) is 2.45. The first kappa shape index (κ1) is 14.5. The molecule has 0 unspecified atom stereocenters. The molecule has 0 saturated heterocycles. The molecule has 0 bridgehead atoms. The van der Waals surface area contributed by atoms with Gasteiger partial charge in [-0.15, -0.1) is 0 Å². The molecule has 0 amide bonds. The Bertz CT molecular complexity index is 538. The number of hydrogen-bond acceptors (Lipinski definition) is 3. The number of aryl methyl sites for hydroxylation is 1. The van der Waals surface area contributed by atoms with Crippen molar-refractivity contribution >= 4 is 0 Å². The van der Waals surface area contributed by atoms with E-state index in [0.29, 0.717) is 12.6 Å². The summed E-state index contributed by atoms with van der Waals surface area (Å²) >= 11 is 0. The van der Waals surface area contributed by atoms with Crippen LogP contribution >= 0.6 is 0 Å². The van der Waals surface area contributed by atoms with E-state index >= 15 is 0 Å². The zero-order chi connectivity index (χ0) is 14.4. The number of nitrogens with one attached hydrogen (secondary N) is 1. The second kappa shape index (κ2) is 7.06. The Kier molecular flexibility index (Phi) is 5.13. The fraction of sp³-hybridized carbons (Fsp3) is 0.353. The predicted octanol–water partition coefficient (Wildman–Crippen LogP) is 3.47. The van der Waals surface area contributed by atoms with Crippen molar-refractivity contribution in [3.8, 4) is 5.75 Å². The van der Waals surface area contributed by atoms with Crippen molar-refractivity contribution in [3.05, 3.63) is 59.4 Å². The van der Waals surface area contributed by atoms with Gasteiger partial charge in [0.1, 0.15) is 12.4 Å². The summed E-state index contributed by atoms with van der Waals surface area (Å²) in [5.74, 6) is 0.912. The third kappa shape index (κ3) is 4.35. The molecule has 0 fully saturated rings. The Morgan fingerprint density at radius 2 is 1.95 bits per heavy atom. The number of hydrogen-bond donors (Lipinski definition) is 1. The van der Waals surface area contributed by atoms with E-state index in [9.17, 15) is 0 Å². The second-order valence-corrected chi connectivity index (χ2v) is 5.24. The molecule has 0 radical (unpaired) electrons. The summed E-state index contributed by atoms with van der Waals surface area (Å²) in [6.45, 7) is 7.60. The monoisotopic (exact) mass is 270 g/mol. The van der Waals surface area contributed by atoms with Crippen LogP contribution in [0.25, 0.3) is 0 Å². The molecule has 1 N–H and O–H groups in total. The molecule has 0 saturated carbocycles. The standard InChI is InChI=1S/C17H22N2O/c1-13(2)18-10-16-11-19-14(3)9-17(16)20-12-15-7-5-4-6-8-15/h4-9,11,13,18H,10,12H2,1-3H3. The van der Waals surface area contributed by atoms with E-state index in [-0.39, 0.29) is 0 Å². The van der Waals surface area contributed by atoms with Gasteiger partial charge in [-0.2, -0.15) is 0 Å². The van der Waals surface area contributed by atoms with Gasteiger partial charge in [0.25, 0.3) is 0 Å². The molecule has 3 nitrogen and oxygen atoms in total. The highest BCUT2D eigenvalue weighted by molar-refractivity contribution is 5.33. The molecule has 2 rings (SSSR count). The van der Waals surface area contributed by atoms with Crippen LogP contribution in [-0.4, -0.2) is 11.0 Å². The summed E-state index contributed by atoms with van der Waals surface area (Å²) in [5.41, 5.74) is 3.24. The van der Waals surface area contributed by atoms with Crippen molar-refractivity contribution in [2.24, 2.45) is 0 Å². The molecule has 20 heavy (non-hydrogen) atoms. The van der Waals surface area contributed by atoms with Gasteiger partial charge >= 0.3 is 0 Å². The number of pyridine rings is 1. The third-order valence-electron chi connectivity index (χ3n) is 3.02. The Morgan fingerprint density at radius 1 is 1.20 bits per heavy atom. The number of rotatable bonds is 6. The van der Waals surface area contributed by atoms with E-state index in [1.54, 1.807) is 0 Å². The zero-order valence-corrected chi connectivity index (χ0v) is 12.4. The normalized spacial score (nSPS) is 10.8.